The van der Waals surface area contributed by atoms with Crippen LogP contribution in [0.4, 0.5) is 5.69 Å². The second kappa shape index (κ2) is 7.71. The smallest absolute Gasteiger partial charge is 0.246 e. The number of amides is 1. The maximum absolute atomic E-state index is 11.1. The molecule has 0 aliphatic heterocycles. The number of hydrogen-bond acceptors (Lipinski definition) is 6. The van der Waals surface area contributed by atoms with Crippen molar-refractivity contribution in [3.63, 3.8) is 0 Å². The molecule has 2 heterocycles. The Kier molecular flexibility index (Phi) is 5.20. The first-order chi connectivity index (χ1) is 12.2. The number of carbonyl (C=O) groups excluding carboxylic acids is 1. The van der Waals surface area contributed by atoms with E-state index in [1.165, 1.54) is 6.92 Å². The molecule has 130 valence electrons. The zero-order chi connectivity index (χ0) is 17.6. The van der Waals surface area contributed by atoms with Gasteiger partial charge in [-0.05, 0) is 24.3 Å². The molecule has 1 aromatic carbocycles. The van der Waals surface area contributed by atoms with Gasteiger partial charge in [-0.3, -0.25) is 4.79 Å². The zero-order valence-corrected chi connectivity index (χ0v) is 14.1. The molecule has 8 heteroatoms. The monoisotopic (exact) mass is 341 g/mol. The molecule has 0 bridgehead atoms. The predicted octanol–water partition coefficient (Wildman–Crippen LogP) is 2.13. The Hall–Kier alpha value is -3.00. The summed E-state index contributed by atoms with van der Waals surface area (Å²) in [5, 5.41) is 6.68. The average Bonchev–Trinajstić information content (AvgIpc) is 3.23. The lowest BCUT2D eigenvalue weighted by Gasteiger charge is -2.07. The van der Waals surface area contributed by atoms with Gasteiger partial charge in [0.15, 0.2) is 5.82 Å². The third-order valence-corrected chi connectivity index (χ3v) is 3.52. The summed E-state index contributed by atoms with van der Waals surface area (Å²) in [7, 11) is 1.63. The summed E-state index contributed by atoms with van der Waals surface area (Å²) in [6, 6.07) is 7.49. The van der Waals surface area contributed by atoms with E-state index < -0.39 is 0 Å². The van der Waals surface area contributed by atoms with Crippen LogP contribution in [-0.2, 0) is 22.5 Å². The highest BCUT2D eigenvalue weighted by Gasteiger charge is 2.11. The molecule has 0 aliphatic carbocycles. The van der Waals surface area contributed by atoms with Crippen LogP contribution in [-0.4, -0.2) is 39.3 Å². The van der Waals surface area contributed by atoms with Crippen molar-refractivity contribution in [3.05, 3.63) is 48.4 Å². The number of methoxy groups -OCH3 is 1. The molecule has 0 fully saturated rings. The molecule has 0 spiro atoms. The highest BCUT2D eigenvalue weighted by Crippen LogP contribution is 2.20. The zero-order valence-electron chi connectivity index (χ0n) is 14.1. The normalized spacial score (nSPS) is 10.8. The first-order valence-electron chi connectivity index (χ1n) is 7.85. The molecule has 0 radical (unpaired) electrons. The number of ether oxygens (including phenoxy) is 1. The maximum atomic E-state index is 11.1. The molecule has 0 saturated carbocycles. The number of rotatable bonds is 7. The quantitative estimate of drug-likeness (QED) is 0.707. The summed E-state index contributed by atoms with van der Waals surface area (Å²) in [6.45, 7) is 2.46. The Labute approximate surface area is 144 Å². The summed E-state index contributed by atoms with van der Waals surface area (Å²) in [6.07, 6.45) is 4.19. The molecule has 0 aliphatic rings. The third-order valence-electron chi connectivity index (χ3n) is 3.52. The van der Waals surface area contributed by atoms with Crippen LogP contribution in [0.25, 0.3) is 11.4 Å². The molecule has 8 nitrogen and oxygen atoms in total. The van der Waals surface area contributed by atoms with E-state index in [9.17, 15) is 4.79 Å². The van der Waals surface area contributed by atoms with Gasteiger partial charge >= 0.3 is 0 Å². The number of benzene rings is 1. The van der Waals surface area contributed by atoms with E-state index in [-0.39, 0.29) is 5.91 Å². The first kappa shape index (κ1) is 16.8. The number of aromatic nitrogens is 4. The number of anilines is 1. The van der Waals surface area contributed by atoms with Crippen LogP contribution < -0.4 is 5.32 Å². The Morgan fingerprint density at radius 3 is 2.84 bits per heavy atom. The number of imidazole rings is 1. The van der Waals surface area contributed by atoms with Gasteiger partial charge in [0, 0.05) is 44.1 Å². The Bertz CT molecular complexity index is 838. The van der Waals surface area contributed by atoms with Crippen LogP contribution in [0.3, 0.4) is 0 Å². The summed E-state index contributed by atoms with van der Waals surface area (Å²) in [4.78, 5) is 19.8. The molecule has 0 saturated heterocycles. The van der Waals surface area contributed by atoms with Crippen LogP contribution in [0, 0.1) is 0 Å². The van der Waals surface area contributed by atoms with Gasteiger partial charge in [-0.15, -0.1) is 0 Å². The lowest BCUT2D eigenvalue weighted by molar-refractivity contribution is -0.114. The van der Waals surface area contributed by atoms with Gasteiger partial charge in [-0.2, -0.15) is 4.98 Å². The minimum atomic E-state index is -0.102. The summed E-state index contributed by atoms with van der Waals surface area (Å²) in [5.41, 5.74) is 1.67. The second-order valence-corrected chi connectivity index (χ2v) is 5.48. The lowest BCUT2D eigenvalue weighted by Crippen LogP contribution is -2.05. The molecular weight excluding hydrogens is 322 g/mol. The number of carbonyl (C=O) groups is 1. The minimum Gasteiger partial charge on any atom is -0.384 e. The average molecular weight is 341 g/mol. The van der Waals surface area contributed by atoms with Crippen LogP contribution in [0.5, 0.6) is 0 Å². The minimum absolute atomic E-state index is 0.102. The molecule has 25 heavy (non-hydrogen) atoms. The Morgan fingerprint density at radius 2 is 2.12 bits per heavy atom. The number of nitrogens with zero attached hydrogens (tertiary/aromatic N) is 4. The van der Waals surface area contributed by atoms with E-state index in [0.29, 0.717) is 31.3 Å². The summed E-state index contributed by atoms with van der Waals surface area (Å²) in [5.74, 6) is 1.82. The van der Waals surface area contributed by atoms with Gasteiger partial charge in [0.2, 0.25) is 11.8 Å². The van der Waals surface area contributed by atoms with Crippen molar-refractivity contribution in [3.8, 4) is 11.4 Å². The van der Waals surface area contributed by atoms with E-state index in [1.54, 1.807) is 13.3 Å². The van der Waals surface area contributed by atoms with Gasteiger partial charge in [-0.25, -0.2) is 4.98 Å². The topological polar surface area (TPSA) is 95.1 Å². The van der Waals surface area contributed by atoms with E-state index >= 15 is 0 Å². The maximum Gasteiger partial charge on any atom is 0.246 e. The number of nitrogens with one attached hydrogen (secondary N) is 1. The van der Waals surface area contributed by atoms with Crippen molar-refractivity contribution in [1.29, 1.82) is 0 Å². The van der Waals surface area contributed by atoms with Gasteiger partial charge < -0.3 is 19.1 Å². The van der Waals surface area contributed by atoms with E-state index in [4.69, 9.17) is 9.26 Å². The van der Waals surface area contributed by atoms with E-state index in [2.05, 4.69) is 20.4 Å². The van der Waals surface area contributed by atoms with Crippen molar-refractivity contribution in [1.82, 2.24) is 19.7 Å². The fourth-order valence-corrected chi connectivity index (χ4v) is 2.40. The summed E-state index contributed by atoms with van der Waals surface area (Å²) < 4.78 is 12.2. The van der Waals surface area contributed by atoms with Crippen molar-refractivity contribution >= 4 is 11.6 Å². The summed E-state index contributed by atoms with van der Waals surface area (Å²) >= 11 is 0. The van der Waals surface area contributed by atoms with Crippen molar-refractivity contribution in [2.24, 2.45) is 0 Å². The lowest BCUT2D eigenvalue weighted by atomic mass is 10.2. The first-order valence-corrected chi connectivity index (χ1v) is 7.85. The fraction of sp³-hybridized carbons (Fsp3) is 0.294. The molecule has 0 atom stereocenters. The fourth-order valence-electron chi connectivity index (χ4n) is 2.40. The van der Waals surface area contributed by atoms with E-state index in [0.717, 1.165) is 17.1 Å². The van der Waals surface area contributed by atoms with Crippen LogP contribution in [0.1, 0.15) is 18.6 Å². The highest BCUT2D eigenvalue weighted by atomic mass is 16.5. The molecule has 1 N–H and O–H groups in total. The third kappa shape index (κ3) is 4.30. The SMILES string of the molecule is COCCc1noc(Cn2ccnc2-c2ccc(NC(C)=O)cc2)n1. The van der Waals surface area contributed by atoms with Gasteiger partial charge in [0.05, 0.1) is 6.61 Å². The standard InChI is InChI=1S/C17H19N5O3/c1-12(23)19-14-5-3-13(4-6-14)17-18-8-9-22(17)11-16-20-15(21-25-16)7-10-24-2/h3-6,8-9H,7,10-11H2,1-2H3,(H,19,23). The van der Waals surface area contributed by atoms with E-state index in [1.807, 2.05) is 35.0 Å². The van der Waals surface area contributed by atoms with Crippen molar-refractivity contribution in [2.75, 3.05) is 19.0 Å². The molecular formula is C17H19N5O3. The highest BCUT2D eigenvalue weighted by molar-refractivity contribution is 5.88. The second-order valence-electron chi connectivity index (χ2n) is 5.48. The van der Waals surface area contributed by atoms with Crippen LogP contribution >= 0.6 is 0 Å². The molecule has 3 aromatic rings. The van der Waals surface area contributed by atoms with Gasteiger partial charge in [0.1, 0.15) is 12.4 Å². The van der Waals surface area contributed by atoms with Gasteiger partial charge in [-0.1, -0.05) is 5.16 Å². The van der Waals surface area contributed by atoms with Crippen molar-refractivity contribution in [2.45, 2.75) is 19.9 Å². The van der Waals surface area contributed by atoms with Gasteiger partial charge in [0.25, 0.3) is 0 Å². The molecule has 2 aromatic heterocycles. The van der Waals surface area contributed by atoms with Crippen LogP contribution in [0.15, 0.2) is 41.2 Å². The molecule has 3 rings (SSSR count). The Morgan fingerprint density at radius 1 is 1.32 bits per heavy atom. The molecule has 1 amide bonds. The number of hydrogen-bond donors (Lipinski definition) is 1. The van der Waals surface area contributed by atoms with Crippen LogP contribution in [0.2, 0.25) is 0 Å². The predicted molar refractivity (Wildman–Crippen MR) is 90.9 cm³/mol. The largest absolute Gasteiger partial charge is 0.384 e. The molecule has 0 unspecified atom stereocenters. The Balaban J connectivity index is 1.74. The van der Waals surface area contributed by atoms with Crippen molar-refractivity contribution < 1.29 is 14.1 Å².